The van der Waals surface area contributed by atoms with Crippen LogP contribution in [0.25, 0.3) is 0 Å². The molecule has 140 valence electrons. The Hall–Kier alpha value is -0.810. The molecule has 0 spiro atoms. The van der Waals surface area contributed by atoms with E-state index in [0.717, 1.165) is 38.8 Å². The Bertz CT molecular complexity index is 385. The zero-order valence-corrected chi connectivity index (χ0v) is 16.2. The van der Waals surface area contributed by atoms with Gasteiger partial charge in [-0.15, -0.1) is 0 Å². The van der Waals surface area contributed by atoms with Crippen LogP contribution in [0.4, 0.5) is 0 Å². The molecule has 2 aliphatic heterocycles. The largest absolute Gasteiger partial charge is 0.380 e. The third-order valence-corrected chi connectivity index (χ3v) is 5.22. The molecule has 2 rings (SSSR count). The summed E-state index contributed by atoms with van der Waals surface area (Å²) in [5.41, 5.74) is 0.227. The number of ether oxygens (including phenoxy) is 1. The lowest BCUT2D eigenvalue weighted by atomic mass is 9.89. The van der Waals surface area contributed by atoms with Gasteiger partial charge < -0.3 is 15.4 Å². The van der Waals surface area contributed by atoms with Crippen molar-refractivity contribution in [3.05, 3.63) is 0 Å². The van der Waals surface area contributed by atoms with Gasteiger partial charge in [0.2, 0.25) is 0 Å². The van der Waals surface area contributed by atoms with Gasteiger partial charge in [-0.1, -0.05) is 33.6 Å². The Kier molecular flexibility index (Phi) is 7.82. The van der Waals surface area contributed by atoms with Crippen molar-refractivity contribution in [2.45, 2.75) is 59.4 Å². The number of hydrogen-bond donors (Lipinski definition) is 2. The van der Waals surface area contributed by atoms with Gasteiger partial charge in [-0.25, -0.2) is 0 Å². The van der Waals surface area contributed by atoms with Crippen LogP contribution in [0.5, 0.6) is 0 Å². The molecular formula is C19H38N4O. The first-order chi connectivity index (χ1) is 11.5. The molecule has 0 aromatic heterocycles. The van der Waals surface area contributed by atoms with Crippen LogP contribution >= 0.6 is 0 Å². The van der Waals surface area contributed by atoms with Crippen LogP contribution in [0, 0.1) is 11.3 Å². The van der Waals surface area contributed by atoms with E-state index in [9.17, 15) is 0 Å². The highest BCUT2D eigenvalue weighted by molar-refractivity contribution is 5.79. The summed E-state index contributed by atoms with van der Waals surface area (Å²) in [5.74, 6) is 1.60. The fourth-order valence-electron chi connectivity index (χ4n) is 3.57. The molecule has 2 N–H and O–H groups in total. The van der Waals surface area contributed by atoms with Gasteiger partial charge in [-0.2, -0.15) is 0 Å². The molecule has 0 bridgehead atoms. The van der Waals surface area contributed by atoms with Gasteiger partial charge >= 0.3 is 0 Å². The molecule has 0 aliphatic carbocycles. The maximum atomic E-state index is 5.33. The topological polar surface area (TPSA) is 48.9 Å². The first kappa shape index (κ1) is 19.5. The van der Waals surface area contributed by atoms with Gasteiger partial charge in [0.1, 0.15) is 0 Å². The molecule has 5 nitrogen and oxygen atoms in total. The van der Waals surface area contributed by atoms with Gasteiger partial charge in [0.25, 0.3) is 0 Å². The third kappa shape index (κ3) is 5.92. The summed E-state index contributed by atoms with van der Waals surface area (Å²) < 4.78 is 5.33. The van der Waals surface area contributed by atoms with Crippen molar-refractivity contribution < 1.29 is 4.74 Å². The van der Waals surface area contributed by atoms with E-state index in [2.05, 4.69) is 43.2 Å². The van der Waals surface area contributed by atoms with Crippen molar-refractivity contribution in [2.24, 2.45) is 16.3 Å². The third-order valence-electron chi connectivity index (χ3n) is 5.22. The summed E-state index contributed by atoms with van der Waals surface area (Å²) in [7, 11) is 0. The summed E-state index contributed by atoms with van der Waals surface area (Å²) in [6.07, 6.45) is 5.46. The van der Waals surface area contributed by atoms with Crippen LogP contribution < -0.4 is 10.6 Å². The molecule has 0 radical (unpaired) electrons. The fourth-order valence-corrected chi connectivity index (χ4v) is 3.57. The van der Waals surface area contributed by atoms with E-state index in [1.165, 1.54) is 38.8 Å². The molecule has 2 fully saturated rings. The molecule has 2 saturated heterocycles. The highest BCUT2D eigenvalue weighted by Crippen LogP contribution is 2.26. The molecule has 0 amide bonds. The van der Waals surface area contributed by atoms with Crippen molar-refractivity contribution in [1.29, 1.82) is 0 Å². The molecule has 1 unspecified atom stereocenters. The number of hydrogen-bond acceptors (Lipinski definition) is 3. The summed E-state index contributed by atoms with van der Waals surface area (Å²) in [5, 5.41) is 6.99. The molecular weight excluding hydrogens is 300 g/mol. The average molecular weight is 339 g/mol. The smallest absolute Gasteiger partial charge is 0.191 e. The molecule has 5 heteroatoms. The monoisotopic (exact) mass is 338 g/mol. The second kappa shape index (κ2) is 9.62. The standard InChI is InChI=1S/C19H38N4O/c1-5-20-18(22-13-19(4)14-24-15-19)21-12-17(16(2)3)23-10-8-6-7-9-11-23/h16-17H,5-15H2,1-4H3,(H2,20,21,22). The maximum Gasteiger partial charge on any atom is 0.191 e. The van der Waals surface area contributed by atoms with Crippen molar-refractivity contribution in [3.63, 3.8) is 0 Å². The van der Waals surface area contributed by atoms with E-state index in [4.69, 9.17) is 9.73 Å². The maximum absolute atomic E-state index is 5.33. The Morgan fingerprint density at radius 2 is 1.79 bits per heavy atom. The van der Waals surface area contributed by atoms with Crippen LogP contribution in [0.3, 0.4) is 0 Å². The number of guanidine groups is 1. The Balaban J connectivity index is 1.89. The quantitative estimate of drug-likeness (QED) is 0.553. The lowest BCUT2D eigenvalue weighted by molar-refractivity contribution is -0.0945. The summed E-state index contributed by atoms with van der Waals surface area (Å²) >= 11 is 0. The van der Waals surface area contributed by atoms with Crippen LogP contribution in [0.15, 0.2) is 4.99 Å². The first-order valence-corrected chi connectivity index (χ1v) is 9.88. The van der Waals surface area contributed by atoms with E-state index in [1.807, 2.05) is 0 Å². The van der Waals surface area contributed by atoms with Crippen LogP contribution in [0.1, 0.15) is 53.4 Å². The number of rotatable bonds is 7. The van der Waals surface area contributed by atoms with Crippen molar-refractivity contribution in [2.75, 3.05) is 45.9 Å². The molecule has 24 heavy (non-hydrogen) atoms. The predicted molar refractivity (Wildman–Crippen MR) is 102 cm³/mol. The Labute approximate surface area is 148 Å². The predicted octanol–water partition coefficient (Wildman–Crippen LogP) is 2.48. The van der Waals surface area contributed by atoms with E-state index in [1.54, 1.807) is 0 Å². The van der Waals surface area contributed by atoms with E-state index in [0.29, 0.717) is 12.0 Å². The Morgan fingerprint density at radius 1 is 1.12 bits per heavy atom. The van der Waals surface area contributed by atoms with Crippen molar-refractivity contribution in [3.8, 4) is 0 Å². The second-order valence-corrected chi connectivity index (χ2v) is 8.14. The molecule has 2 aliphatic rings. The van der Waals surface area contributed by atoms with Crippen molar-refractivity contribution in [1.82, 2.24) is 15.5 Å². The first-order valence-electron chi connectivity index (χ1n) is 9.88. The summed E-state index contributed by atoms with van der Waals surface area (Å²) in [6.45, 7) is 15.9. The lowest BCUT2D eigenvalue weighted by Gasteiger charge is -2.37. The zero-order valence-electron chi connectivity index (χ0n) is 16.2. The normalized spacial score (nSPS) is 23.5. The summed E-state index contributed by atoms with van der Waals surface area (Å²) in [6, 6.07) is 0.578. The molecule has 0 aromatic rings. The zero-order chi connectivity index (χ0) is 17.4. The number of nitrogens with one attached hydrogen (secondary N) is 2. The van der Waals surface area contributed by atoms with Crippen LogP contribution in [-0.4, -0.2) is 62.8 Å². The Morgan fingerprint density at radius 3 is 2.29 bits per heavy atom. The minimum Gasteiger partial charge on any atom is -0.380 e. The van der Waals surface area contributed by atoms with Crippen LogP contribution in [-0.2, 0) is 4.74 Å². The molecule has 2 heterocycles. The van der Waals surface area contributed by atoms with Gasteiger partial charge in [-0.3, -0.25) is 9.89 Å². The summed E-state index contributed by atoms with van der Waals surface area (Å²) in [4.78, 5) is 7.49. The lowest BCUT2D eigenvalue weighted by Crippen LogP contribution is -2.50. The minimum absolute atomic E-state index is 0.227. The highest BCUT2D eigenvalue weighted by Gasteiger charge is 2.33. The highest BCUT2D eigenvalue weighted by atomic mass is 16.5. The minimum atomic E-state index is 0.227. The number of aliphatic imine (C=N–C) groups is 1. The molecule has 0 aromatic carbocycles. The average Bonchev–Trinajstić information content (AvgIpc) is 2.79. The number of nitrogens with zero attached hydrogens (tertiary/aromatic N) is 2. The van der Waals surface area contributed by atoms with Gasteiger partial charge in [0.05, 0.1) is 19.8 Å². The van der Waals surface area contributed by atoms with E-state index in [-0.39, 0.29) is 5.41 Å². The van der Waals surface area contributed by atoms with Gasteiger partial charge in [0.15, 0.2) is 5.96 Å². The molecule has 0 saturated carbocycles. The number of likely N-dealkylation sites (tertiary alicyclic amines) is 1. The van der Waals surface area contributed by atoms with E-state index >= 15 is 0 Å². The fraction of sp³-hybridized carbons (Fsp3) is 0.947. The van der Waals surface area contributed by atoms with Crippen LogP contribution in [0.2, 0.25) is 0 Å². The molecule has 1 atom stereocenters. The van der Waals surface area contributed by atoms with Crippen molar-refractivity contribution >= 4 is 5.96 Å². The SMILES string of the molecule is CCNC(=NCC1(C)COC1)NCC(C(C)C)N1CCCCCC1. The van der Waals surface area contributed by atoms with Gasteiger partial charge in [0, 0.05) is 24.5 Å². The van der Waals surface area contributed by atoms with Gasteiger partial charge in [-0.05, 0) is 38.8 Å². The van der Waals surface area contributed by atoms with E-state index < -0.39 is 0 Å². The second-order valence-electron chi connectivity index (χ2n) is 8.14.